The summed E-state index contributed by atoms with van der Waals surface area (Å²) in [7, 11) is -4.50. The van der Waals surface area contributed by atoms with Gasteiger partial charge in [0.15, 0.2) is 0 Å². The zero-order chi connectivity index (χ0) is 32.7. The number of rotatable bonds is 35. The van der Waals surface area contributed by atoms with E-state index in [2.05, 4.69) is 13.8 Å². The number of carbonyl (C=O) groups excluding carboxylic acids is 2. The Bertz CT molecular complexity index is 724. The summed E-state index contributed by atoms with van der Waals surface area (Å²) in [6.07, 6.45) is 29.6. The van der Waals surface area contributed by atoms with E-state index in [1.165, 1.54) is 122 Å². The van der Waals surface area contributed by atoms with E-state index in [-0.39, 0.29) is 77.7 Å². The van der Waals surface area contributed by atoms with Crippen molar-refractivity contribution in [3.05, 3.63) is 0 Å². The van der Waals surface area contributed by atoms with Crippen molar-refractivity contribution in [1.29, 1.82) is 0 Å². The van der Waals surface area contributed by atoms with Crippen molar-refractivity contribution in [2.75, 3.05) is 6.61 Å². The standard InChI is InChI=1S/C36H71O7P.2Na.2H/c1-3-5-7-9-11-13-15-17-19-21-23-25-27-29-33(38)31-34(32-37)43-44(42,36(40)41)35(39)30-28-26-24-22-20-18-16-14-12-10-8-6-4-2;;;;/h34,36-37,40-41H,3-32H2,1-2H3;;;;. The Morgan fingerprint density at radius 1 is 0.543 bits per heavy atom. The van der Waals surface area contributed by atoms with Crippen molar-refractivity contribution < 1.29 is 34.0 Å². The van der Waals surface area contributed by atoms with Gasteiger partial charge in [-0.05, 0) is 12.8 Å². The first-order valence-corrected chi connectivity index (χ1v) is 20.3. The summed E-state index contributed by atoms with van der Waals surface area (Å²) in [5.41, 5.74) is -0.835. The van der Waals surface area contributed by atoms with Gasteiger partial charge in [0.05, 0.1) is 12.7 Å². The summed E-state index contributed by atoms with van der Waals surface area (Å²) < 4.78 is 18.4. The van der Waals surface area contributed by atoms with Crippen LogP contribution < -0.4 is 0 Å². The van der Waals surface area contributed by atoms with Gasteiger partial charge in [-0.25, -0.2) is 0 Å². The van der Waals surface area contributed by atoms with E-state index in [1.54, 1.807) is 0 Å². The van der Waals surface area contributed by atoms with Crippen molar-refractivity contribution in [1.82, 2.24) is 0 Å². The van der Waals surface area contributed by atoms with Gasteiger partial charge in [-0.1, -0.05) is 168 Å². The fourth-order valence-corrected chi connectivity index (χ4v) is 7.28. The normalized spacial score (nSPS) is 13.2. The maximum absolute atomic E-state index is 13.1. The van der Waals surface area contributed by atoms with Gasteiger partial charge in [0, 0.05) is 19.3 Å². The molecule has 0 saturated heterocycles. The van der Waals surface area contributed by atoms with Gasteiger partial charge in [0.25, 0.3) is 0 Å². The second-order valence-corrected chi connectivity index (χ2v) is 15.3. The monoisotopic (exact) mass is 694 g/mol. The summed E-state index contributed by atoms with van der Waals surface area (Å²) in [4.78, 5) is 25.1. The molecule has 0 rings (SSSR count). The van der Waals surface area contributed by atoms with Crippen LogP contribution >= 0.6 is 7.37 Å². The second-order valence-electron chi connectivity index (χ2n) is 13.0. The van der Waals surface area contributed by atoms with Gasteiger partial charge in [-0.2, -0.15) is 0 Å². The van der Waals surface area contributed by atoms with Crippen LogP contribution in [0, 0.1) is 0 Å². The third-order valence-corrected chi connectivity index (χ3v) is 10.8. The molecule has 0 heterocycles. The molecule has 0 aromatic heterocycles. The number of Topliss-reactive ketones (excluding diaryl/α,β-unsaturated/α-hetero) is 1. The predicted octanol–water partition coefficient (Wildman–Crippen LogP) is 9.06. The van der Waals surface area contributed by atoms with E-state index in [4.69, 9.17) is 4.52 Å². The summed E-state index contributed by atoms with van der Waals surface area (Å²) in [5, 5.41) is 29.2. The van der Waals surface area contributed by atoms with Crippen molar-refractivity contribution in [3.63, 3.8) is 0 Å². The first kappa shape index (κ1) is 51.8. The molecule has 0 aliphatic rings. The molecule has 0 amide bonds. The van der Waals surface area contributed by atoms with Crippen LogP contribution in [0.5, 0.6) is 0 Å². The molecule has 0 bridgehead atoms. The van der Waals surface area contributed by atoms with Crippen molar-refractivity contribution in [2.45, 2.75) is 212 Å². The number of hydrogen-bond donors (Lipinski definition) is 3. The molecule has 3 N–H and O–H groups in total. The molecule has 0 spiro atoms. The Morgan fingerprint density at radius 3 is 1.15 bits per heavy atom. The van der Waals surface area contributed by atoms with E-state index >= 15 is 0 Å². The molecule has 0 aliphatic carbocycles. The van der Waals surface area contributed by atoms with Crippen molar-refractivity contribution in [2.24, 2.45) is 0 Å². The molecule has 0 saturated carbocycles. The maximum atomic E-state index is 13.1. The number of carbonyl (C=O) groups is 2. The van der Waals surface area contributed by atoms with Gasteiger partial charge in [-0.15, -0.1) is 0 Å². The van der Waals surface area contributed by atoms with Crippen molar-refractivity contribution in [3.8, 4) is 0 Å². The Balaban J connectivity index is -0.00000924. The van der Waals surface area contributed by atoms with E-state index in [0.717, 1.165) is 38.5 Å². The number of aliphatic hydroxyl groups excluding tert-OH is 2. The fourth-order valence-electron chi connectivity index (χ4n) is 5.74. The molecule has 10 heteroatoms. The Hall–Kier alpha value is 1.41. The summed E-state index contributed by atoms with van der Waals surface area (Å²) in [5.74, 6) is -0.143. The molecular formula is C36H73Na2O7P. The molecular weight excluding hydrogens is 621 g/mol. The SMILES string of the molecule is CCCCCCCCCCCCCCCC(=O)CC(CO)OP(=O)(C(=O)CCCCCCCCCCCCCCC)C(O)O.[NaH].[NaH]. The average molecular weight is 695 g/mol. The number of ketones is 1. The topological polar surface area (TPSA) is 121 Å². The van der Waals surface area contributed by atoms with Crippen LogP contribution in [0.2, 0.25) is 0 Å². The van der Waals surface area contributed by atoms with E-state index in [1.807, 2.05) is 0 Å². The zero-order valence-corrected chi connectivity index (χ0v) is 29.7. The quantitative estimate of drug-likeness (QED) is 0.0262. The Labute approximate surface area is 328 Å². The van der Waals surface area contributed by atoms with Crippen LogP contribution in [0.1, 0.15) is 200 Å². The molecule has 7 nitrogen and oxygen atoms in total. The van der Waals surface area contributed by atoms with E-state index < -0.39 is 31.6 Å². The molecule has 0 aromatic rings. The summed E-state index contributed by atoms with van der Waals surface area (Å²) in [6, 6.07) is -2.46. The molecule has 0 aliphatic heterocycles. The van der Waals surface area contributed by atoms with Crippen LogP contribution in [0.15, 0.2) is 0 Å². The van der Waals surface area contributed by atoms with E-state index in [9.17, 15) is 29.5 Å². The molecule has 2 atom stereocenters. The average Bonchev–Trinajstić information content (AvgIpc) is 3.01. The van der Waals surface area contributed by atoms with Crippen LogP contribution in [0.25, 0.3) is 0 Å². The molecule has 0 radical (unpaired) electrons. The summed E-state index contributed by atoms with van der Waals surface area (Å²) >= 11 is 0. The van der Waals surface area contributed by atoms with Crippen molar-refractivity contribution >= 4 is 77.8 Å². The van der Waals surface area contributed by atoms with E-state index in [0.29, 0.717) is 12.8 Å². The van der Waals surface area contributed by atoms with Gasteiger partial charge in [0.2, 0.25) is 11.6 Å². The number of unbranched alkanes of at least 4 members (excludes halogenated alkanes) is 24. The van der Waals surface area contributed by atoms with Crippen LogP contribution in [-0.4, -0.2) is 104 Å². The third kappa shape index (κ3) is 30.3. The molecule has 0 fully saturated rings. The molecule has 46 heavy (non-hydrogen) atoms. The minimum atomic E-state index is -4.50. The molecule has 2 unspecified atom stereocenters. The van der Waals surface area contributed by atoms with Gasteiger partial charge in [-0.3, -0.25) is 14.2 Å². The molecule has 266 valence electrons. The van der Waals surface area contributed by atoms with Crippen LogP contribution in [0.3, 0.4) is 0 Å². The van der Waals surface area contributed by atoms with Crippen LogP contribution in [0.4, 0.5) is 0 Å². The van der Waals surface area contributed by atoms with Crippen LogP contribution in [-0.2, 0) is 18.7 Å². The zero-order valence-electron chi connectivity index (χ0n) is 28.8. The predicted molar refractivity (Wildman–Crippen MR) is 197 cm³/mol. The van der Waals surface area contributed by atoms with Gasteiger partial charge < -0.3 is 19.8 Å². The Morgan fingerprint density at radius 2 is 0.848 bits per heavy atom. The first-order chi connectivity index (χ1) is 21.3. The minimum absolute atomic E-state index is 0. The second kappa shape index (κ2) is 37.7. The number of hydrogen-bond acceptors (Lipinski definition) is 7. The van der Waals surface area contributed by atoms with Gasteiger partial charge in [0.1, 0.15) is 5.78 Å². The third-order valence-electron chi connectivity index (χ3n) is 8.67. The fraction of sp³-hybridized carbons (Fsp3) is 0.944. The Kier molecular flexibility index (Phi) is 42.4. The van der Waals surface area contributed by atoms with Gasteiger partial charge >= 0.3 is 66.5 Å². The molecule has 0 aromatic carbocycles. The summed E-state index contributed by atoms with van der Waals surface area (Å²) in [6.45, 7) is 3.86. The first-order valence-electron chi connectivity index (χ1n) is 18.6. The number of aliphatic hydroxyl groups is 3.